The summed E-state index contributed by atoms with van der Waals surface area (Å²) >= 11 is 0. The summed E-state index contributed by atoms with van der Waals surface area (Å²) in [7, 11) is 1.73. The predicted molar refractivity (Wildman–Crippen MR) is 199 cm³/mol. The lowest BCUT2D eigenvalue weighted by atomic mass is 9.88. The average molecular weight is 969 g/mol. The summed E-state index contributed by atoms with van der Waals surface area (Å²) < 4.78 is 242. The van der Waals surface area contributed by atoms with Crippen molar-refractivity contribution in [1.82, 2.24) is 15.1 Å². The largest absolute Gasteiger partial charge is 0.494 e. The number of para-hydroxylation sites is 1. The Labute approximate surface area is 361 Å². The van der Waals surface area contributed by atoms with Crippen LogP contribution in [0.4, 0.5) is 80.3 Å². The maximum atomic E-state index is 14.3. The Morgan fingerprint density at radius 1 is 0.815 bits per heavy atom. The SMILES string of the molecule is CC(C)N1C[C@@H](C)[C@H](CN(C)Cc2ccc(OCCCC(F)(F)C(F)(F)C(F)(F)C(F)(F)C(F)(F)C(F)(F)C(F)(F)C(F)(F)F)cc2)Oc2c(NC(=O)C3CCNCC3)cccc2C1=O. The van der Waals surface area contributed by atoms with Gasteiger partial charge in [-0.25, -0.2) is 0 Å². The highest BCUT2D eigenvalue weighted by Crippen LogP contribution is 2.64. The van der Waals surface area contributed by atoms with Crippen molar-refractivity contribution in [2.75, 3.05) is 45.2 Å². The highest BCUT2D eigenvalue weighted by atomic mass is 19.4. The number of fused-ring (bicyclic) bond motifs is 1. The molecule has 2 aromatic carbocycles. The molecule has 1 fully saturated rings. The first kappa shape index (κ1) is 53.3. The van der Waals surface area contributed by atoms with Gasteiger partial charge in [-0.05, 0) is 83.1 Å². The molecule has 2 heterocycles. The Morgan fingerprint density at radius 3 is 1.89 bits per heavy atom. The fraction of sp³-hybridized carbons (Fsp3) is 0.650. The number of halogens is 17. The number of ether oxygens (including phenoxy) is 2. The zero-order valence-electron chi connectivity index (χ0n) is 34.9. The fourth-order valence-corrected chi connectivity index (χ4v) is 7.06. The number of benzene rings is 2. The number of anilines is 1. The molecule has 65 heavy (non-hydrogen) atoms. The second-order valence-corrected chi connectivity index (χ2v) is 16.3. The third-order valence-corrected chi connectivity index (χ3v) is 11.0. The lowest BCUT2D eigenvalue weighted by molar-refractivity contribution is -0.461. The van der Waals surface area contributed by atoms with Crippen molar-refractivity contribution in [2.45, 2.75) is 113 Å². The molecule has 0 unspecified atom stereocenters. The molecule has 0 aromatic heterocycles. The number of hydrogen-bond donors (Lipinski definition) is 2. The Morgan fingerprint density at radius 2 is 1.35 bits per heavy atom. The van der Waals surface area contributed by atoms with Crippen molar-refractivity contribution in [2.24, 2.45) is 11.8 Å². The number of carbonyl (C=O) groups is 2. The molecule has 368 valence electrons. The van der Waals surface area contributed by atoms with E-state index >= 15 is 0 Å². The molecule has 2 aliphatic rings. The van der Waals surface area contributed by atoms with Crippen LogP contribution in [0.2, 0.25) is 0 Å². The van der Waals surface area contributed by atoms with E-state index in [0.717, 1.165) is 0 Å². The zero-order chi connectivity index (χ0) is 49.4. The predicted octanol–water partition coefficient (Wildman–Crippen LogP) is 10.2. The fourth-order valence-electron chi connectivity index (χ4n) is 7.06. The summed E-state index contributed by atoms with van der Waals surface area (Å²) in [6, 6.07) is 10.1. The highest BCUT2D eigenvalue weighted by molar-refractivity contribution is 6.02. The van der Waals surface area contributed by atoms with Crippen LogP contribution in [0.15, 0.2) is 42.5 Å². The number of rotatable bonds is 18. The summed E-state index contributed by atoms with van der Waals surface area (Å²) in [5, 5.41) is 6.13. The summed E-state index contributed by atoms with van der Waals surface area (Å²) in [6.45, 7) is 6.68. The van der Waals surface area contributed by atoms with Crippen LogP contribution in [-0.2, 0) is 11.3 Å². The number of nitrogens with zero attached hydrogens (tertiary/aromatic N) is 2. The minimum absolute atomic E-state index is 0.151. The van der Waals surface area contributed by atoms with Gasteiger partial charge >= 0.3 is 47.6 Å². The number of alkyl halides is 17. The molecule has 0 saturated carbocycles. The number of carbonyl (C=O) groups excluding carboxylic acids is 2. The monoisotopic (exact) mass is 968 g/mol. The van der Waals surface area contributed by atoms with Crippen molar-refractivity contribution in [1.29, 1.82) is 0 Å². The topological polar surface area (TPSA) is 83.1 Å². The highest BCUT2D eigenvalue weighted by Gasteiger charge is 2.95. The van der Waals surface area contributed by atoms with Crippen LogP contribution in [0.1, 0.15) is 62.4 Å². The van der Waals surface area contributed by atoms with Gasteiger partial charge in [0.2, 0.25) is 5.91 Å². The molecule has 2 aromatic rings. The molecule has 4 rings (SSSR count). The second-order valence-electron chi connectivity index (χ2n) is 16.3. The number of likely N-dealkylation sites (N-methyl/N-ethyl adjacent to an activating group) is 1. The van der Waals surface area contributed by atoms with E-state index in [4.69, 9.17) is 9.47 Å². The summed E-state index contributed by atoms with van der Waals surface area (Å²) in [5.74, 6) is -57.6. The van der Waals surface area contributed by atoms with Gasteiger partial charge in [0.1, 0.15) is 11.9 Å². The molecule has 1 saturated heterocycles. The number of nitrogens with one attached hydrogen (secondary N) is 2. The van der Waals surface area contributed by atoms with Crippen molar-refractivity contribution >= 4 is 17.5 Å². The van der Waals surface area contributed by atoms with Gasteiger partial charge in [-0.3, -0.25) is 14.5 Å². The molecule has 25 heteroatoms. The van der Waals surface area contributed by atoms with Gasteiger partial charge in [0, 0.05) is 43.9 Å². The zero-order valence-corrected chi connectivity index (χ0v) is 34.9. The Hall–Kier alpha value is -4.29. The average Bonchev–Trinajstić information content (AvgIpc) is 3.20. The quantitative estimate of drug-likeness (QED) is 0.114. The maximum absolute atomic E-state index is 14.3. The van der Waals surface area contributed by atoms with E-state index in [1.165, 1.54) is 24.3 Å². The smallest absolute Gasteiger partial charge is 0.460 e. The van der Waals surface area contributed by atoms with Crippen molar-refractivity contribution in [3.05, 3.63) is 53.6 Å². The summed E-state index contributed by atoms with van der Waals surface area (Å²) in [4.78, 5) is 30.5. The van der Waals surface area contributed by atoms with Gasteiger partial charge in [-0.2, -0.15) is 74.6 Å². The van der Waals surface area contributed by atoms with E-state index in [1.807, 2.05) is 25.7 Å². The standard InChI is InChI=1S/C40H45F17N4O4/c1-22(2)61-19-23(3)29(65-30-27(32(61)63)7-5-8-28(30)59-31(62)25-13-16-58-17-14-25)21-60(4)20-24-9-11-26(12-10-24)64-18-6-15-33(41,42)34(43,44)35(45,46)36(47,48)37(49,50)38(51,52)39(53,54)40(55,56)57/h5,7-12,22-23,25,29,58H,6,13-21H2,1-4H3,(H,59,62)/t23-,29+/m1/s1. The molecule has 2 N–H and O–H groups in total. The van der Waals surface area contributed by atoms with Gasteiger partial charge in [-0.1, -0.05) is 25.1 Å². The Balaban J connectivity index is 1.40. The van der Waals surface area contributed by atoms with E-state index in [1.54, 1.807) is 30.1 Å². The molecule has 2 atom stereocenters. The minimum Gasteiger partial charge on any atom is -0.494 e. The number of amides is 2. The Bertz CT molecular complexity index is 1960. The van der Waals surface area contributed by atoms with Crippen molar-refractivity contribution < 1.29 is 93.7 Å². The lowest BCUT2D eigenvalue weighted by Gasteiger charge is -2.42. The lowest BCUT2D eigenvalue weighted by Crippen LogP contribution is -2.74. The van der Waals surface area contributed by atoms with E-state index < -0.39 is 73.2 Å². The first-order valence-corrected chi connectivity index (χ1v) is 19.9. The molecule has 0 aliphatic carbocycles. The molecular formula is C40H45F17N4O4. The van der Waals surface area contributed by atoms with Crippen LogP contribution < -0.4 is 20.1 Å². The van der Waals surface area contributed by atoms with Crippen molar-refractivity contribution in [3.8, 4) is 11.5 Å². The van der Waals surface area contributed by atoms with Crippen LogP contribution in [0.25, 0.3) is 0 Å². The molecule has 2 amide bonds. The molecule has 2 aliphatic heterocycles. The van der Waals surface area contributed by atoms with Crippen LogP contribution in [0.3, 0.4) is 0 Å². The normalized spacial score (nSPS) is 19.2. The molecule has 0 spiro atoms. The summed E-state index contributed by atoms with van der Waals surface area (Å²) in [6.07, 6.45) is -11.1. The van der Waals surface area contributed by atoms with Crippen molar-refractivity contribution in [3.63, 3.8) is 0 Å². The van der Waals surface area contributed by atoms with Crippen LogP contribution in [0.5, 0.6) is 11.5 Å². The van der Waals surface area contributed by atoms with Gasteiger partial charge in [0.05, 0.1) is 17.9 Å². The third kappa shape index (κ3) is 10.3. The Kier molecular flexibility index (Phi) is 15.7. The van der Waals surface area contributed by atoms with Gasteiger partial charge in [0.15, 0.2) is 5.75 Å². The molecule has 0 bridgehead atoms. The van der Waals surface area contributed by atoms with Gasteiger partial charge in [-0.15, -0.1) is 0 Å². The first-order chi connectivity index (χ1) is 29.7. The number of hydrogen-bond acceptors (Lipinski definition) is 6. The van der Waals surface area contributed by atoms with Crippen LogP contribution >= 0.6 is 0 Å². The van der Waals surface area contributed by atoms with E-state index in [0.29, 0.717) is 43.7 Å². The van der Waals surface area contributed by atoms with E-state index in [2.05, 4.69) is 10.6 Å². The number of piperidine rings is 1. The summed E-state index contributed by atoms with van der Waals surface area (Å²) in [5.41, 5.74) is 1.17. The molecule has 8 nitrogen and oxygen atoms in total. The van der Waals surface area contributed by atoms with Gasteiger partial charge in [0.25, 0.3) is 5.91 Å². The van der Waals surface area contributed by atoms with Crippen LogP contribution in [-0.4, -0.2) is 121 Å². The van der Waals surface area contributed by atoms with E-state index in [9.17, 15) is 84.2 Å². The van der Waals surface area contributed by atoms with E-state index in [-0.39, 0.29) is 59.8 Å². The molecule has 0 radical (unpaired) electrons. The second kappa shape index (κ2) is 19.1. The van der Waals surface area contributed by atoms with Crippen LogP contribution in [0, 0.1) is 11.8 Å². The maximum Gasteiger partial charge on any atom is 0.460 e. The first-order valence-electron chi connectivity index (χ1n) is 19.9. The minimum atomic E-state index is -8.67. The third-order valence-electron chi connectivity index (χ3n) is 11.0. The molecular weight excluding hydrogens is 923 g/mol. The van der Waals surface area contributed by atoms with Gasteiger partial charge < -0.3 is 25.0 Å².